The highest BCUT2D eigenvalue weighted by Crippen LogP contribution is 2.31. The Balaban J connectivity index is 2.42. The fraction of sp³-hybridized carbons (Fsp3) is 0.364. The minimum absolute atomic E-state index is 0.0353. The summed E-state index contributed by atoms with van der Waals surface area (Å²) in [6, 6.07) is 3.92. The van der Waals surface area contributed by atoms with Crippen molar-refractivity contribution in [2.24, 2.45) is 0 Å². The van der Waals surface area contributed by atoms with Crippen LogP contribution in [0.4, 0.5) is 11.4 Å². The molecular formula is C11H12N2O4S. The third-order valence-corrected chi connectivity index (χ3v) is 3.71. The molecule has 1 N–H and O–H groups in total. The third kappa shape index (κ3) is 2.56. The van der Waals surface area contributed by atoms with Gasteiger partial charge in [0.25, 0.3) is 5.69 Å². The van der Waals surface area contributed by atoms with Gasteiger partial charge >= 0.3 is 5.97 Å². The SMILES string of the molecule is O=C(O)c1ccc([N+](=O)[O-])c(N2CCSCC2)c1. The Bertz CT molecular complexity index is 486. The summed E-state index contributed by atoms with van der Waals surface area (Å²) in [4.78, 5) is 23.3. The molecule has 0 saturated carbocycles. The van der Waals surface area contributed by atoms with Gasteiger partial charge in [0, 0.05) is 30.7 Å². The lowest BCUT2D eigenvalue weighted by Gasteiger charge is -2.28. The Morgan fingerprint density at radius 1 is 1.39 bits per heavy atom. The third-order valence-electron chi connectivity index (χ3n) is 2.77. The molecule has 1 fully saturated rings. The average Bonchev–Trinajstić information content (AvgIpc) is 2.39. The summed E-state index contributed by atoms with van der Waals surface area (Å²) in [6.45, 7) is 1.41. The second-order valence-electron chi connectivity index (χ2n) is 3.87. The molecule has 0 unspecified atom stereocenters. The normalized spacial score (nSPS) is 15.4. The summed E-state index contributed by atoms with van der Waals surface area (Å²) in [5.41, 5.74) is 0.445. The van der Waals surface area contributed by atoms with E-state index in [9.17, 15) is 14.9 Å². The van der Waals surface area contributed by atoms with Crippen LogP contribution >= 0.6 is 11.8 Å². The van der Waals surface area contributed by atoms with Crippen molar-refractivity contribution in [2.75, 3.05) is 29.5 Å². The first-order chi connectivity index (χ1) is 8.59. The van der Waals surface area contributed by atoms with Gasteiger partial charge < -0.3 is 10.0 Å². The van der Waals surface area contributed by atoms with Crippen molar-refractivity contribution in [1.82, 2.24) is 0 Å². The number of aromatic carboxylic acids is 1. The summed E-state index contributed by atoms with van der Waals surface area (Å²) in [5.74, 6) is 0.723. The number of carbonyl (C=O) groups is 1. The number of carboxylic acid groups (broad SMARTS) is 1. The van der Waals surface area contributed by atoms with E-state index in [-0.39, 0.29) is 11.3 Å². The second kappa shape index (κ2) is 5.26. The molecule has 1 aromatic rings. The number of anilines is 1. The molecule has 6 nitrogen and oxygen atoms in total. The van der Waals surface area contributed by atoms with Crippen LogP contribution in [0.2, 0.25) is 0 Å². The largest absolute Gasteiger partial charge is 0.478 e. The molecule has 1 aromatic carbocycles. The Labute approximate surface area is 108 Å². The number of benzene rings is 1. The van der Waals surface area contributed by atoms with Gasteiger partial charge in [-0.25, -0.2) is 4.79 Å². The lowest BCUT2D eigenvalue weighted by Crippen LogP contribution is -2.33. The predicted octanol–water partition coefficient (Wildman–Crippen LogP) is 1.85. The highest BCUT2D eigenvalue weighted by atomic mass is 32.2. The summed E-state index contributed by atoms with van der Waals surface area (Å²) in [6.07, 6.45) is 0. The van der Waals surface area contributed by atoms with Crippen molar-refractivity contribution >= 4 is 29.1 Å². The van der Waals surface area contributed by atoms with Crippen LogP contribution in [0, 0.1) is 10.1 Å². The number of hydrogen-bond acceptors (Lipinski definition) is 5. The van der Waals surface area contributed by atoms with E-state index in [2.05, 4.69) is 0 Å². The van der Waals surface area contributed by atoms with Gasteiger partial charge in [-0.2, -0.15) is 11.8 Å². The monoisotopic (exact) mass is 268 g/mol. The highest BCUT2D eigenvalue weighted by molar-refractivity contribution is 7.99. The summed E-state index contributed by atoms with van der Waals surface area (Å²) in [5, 5.41) is 19.9. The van der Waals surface area contributed by atoms with Crippen LogP contribution in [-0.4, -0.2) is 40.6 Å². The molecule has 1 heterocycles. The zero-order chi connectivity index (χ0) is 13.1. The maximum absolute atomic E-state index is 11.0. The van der Waals surface area contributed by atoms with Crippen LogP contribution in [0.15, 0.2) is 18.2 Å². The van der Waals surface area contributed by atoms with Crippen molar-refractivity contribution in [2.45, 2.75) is 0 Å². The van der Waals surface area contributed by atoms with E-state index in [0.717, 1.165) is 11.5 Å². The zero-order valence-corrected chi connectivity index (χ0v) is 10.4. The lowest BCUT2D eigenvalue weighted by molar-refractivity contribution is -0.384. The molecule has 0 bridgehead atoms. The zero-order valence-electron chi connectivity index (χ0n) is 9.54. The molecule has 0 aromatic heterocycles. The van der Waals surface area contributed by atoms with Gasteiger partial charge in [0.2, 0.25) is 0 Å². The van der Waals surface area contributed by atoms with Gasteiger partial charge in [0.05, 0.1) is 10.5 Å². The van der Waals surface area contributed by atoms with E-state index in [0.29, 0.717) is 18.8 Å². The van der Waals surface area contributed by atoms with Gasteiger partial charge in [-0.05, 0) is 12.1 Å². The van der Waals surface area contributed by atoms with Gasteiger partial charge in [-0.1, -0.05) is 0 Å². The molecule has 0 spiro atoms. The van der Waals surface area contributed by atoms with Crippen LogP contribution in [0.5, 0.6) is 0 Å². The molecule has 0 radical (unpaired) electrons. The van der Waals surface area contributed by atoms with Crippen molar-refractivity contribution in [1.29, 1.82) is 0 Å². The van der Waals surface area contributed by atoms with E-state index in [1.165, 1.54) is 18.2 Å². The topological polar surface area (TPSA) is 83.7 Å². The minimum Gasteiger partial charge on any atom is -0.478 e. The Hall–Kier alpha value is -1.76. The molecule has 0 amide bonds. The van der Waals surface area contributed by atoms with Gasteiger partial charge in [0.15, 0.2) is 0 Å². The first-order valence-electron chi connectivity index (χ1n) is 5.44. The maximum Gasteiger partial charge on any atom is 0.335 e. The number of carboxylic acids is 1. The average molecular weight is 268 g/mol. The highest BCUT2D eigenvalue weighted by Gasteiger charge is 2.22. The van der Waals surface area contributed by atoms with Crippen LogP contribution in [0.3, 0.4) is 0 Å². The Morgan fingerprint density at radius 3 is 2.61 bits per heavy atom. The van der Waals surface area contributed by atoms with E-state index < -0.39 is 10.9 Å². The molecule has 18 heavy (non-hydrogen) atoms. The van der Waals surface area contributed by atoms with E-state index >= 15 is 0 Å². The summed E-state index contributed by atoms with van der Waals surface area (Å²) < 4.78 is 0. The lowest BCUT2D eigenvalue weighted by atomic mass is 10.1. The van der Waals surface area contributed by atoms with E-state index in [1.54, 1.807) is 11.8 Å². The van der Waals surface area contributed by atoms with Crippen LogP contribution in [0.25, 0.3) is 0 Å². The molecular weight excluding hydrogens is 256 g/mol. The Morgan fingerprint density at radius 2 is 2.06 bits per heavy atom. The van der Waals surface area contributed by atoms with Crippen LogP contribution in [-0.2, 0) is 0 Å². The van der Waals surface area contributed by atoms with Crippen molar-refractivity contribution in [3.63, 3.8) is 0 Å². The smallest absolute Gasteiger partial charge is 0.335 e. The summed E-state index contributed by atoms with van der Waals surface area (Å²) in [7, 11) is 0. The van der Waals surface area contributed by atoms with E-state index in [4.69, 9.17) is 5.11 Å². The number of nitro groups is 1. The van der Waals surface area contributed by atoms with Gasteiger partial charge in [0.1, 0.15) is 5.69 Å². The first kappa shape index (κ1) is 12.7. The molecule has 7 heteroatoms. The maximum atomic E-state index is 11.0. The minimum atomic E-state index is -1.07. The Kier molecular flexibility index (Phi) is 3.71. The fourth-order valence-corrected chi connectivity index (χ4v) is 2.77. The molecule has 1 aliphatic heterocycles. The van der Waals surface area contributed by atoms with Gasteiger partial charge in [-0.3, -0.25) is 10.1 Å². The number of rotatable bonds is 3. The first-order valence-corrected chi connectivity index (χ1v) is 6.59. The molecule has 2 rings (SSSR count). The number of nitrogens with zero attached hydrogens (tertiary/aromatic N) is 2. The molecule has 96 valence electrons. The van der Waals surface area contributed by atoms with E-state index in [1.807, 2.05) is 4.90 Å². The van der Waals surface area contributed by atoms with Crippen LogP contribution < -0.4 is 4.90 Å². The van der Waals surface area contributed by atoms with Gasteiger partial charge in [-0.15, -0.1) is 0 Å². The summed E-state index contributed by atoms with van der Waals surface area (Å²) >= 11 is 1.79. The number of nitro benzene ring substituents is 1. The molecule has 1 aliphatic rings. The van der Waals surface area contributed by atoms with Crippen molar-refractivity contribution in [3.05, 3.63) is 33.9 Å². The molecule has 0 atom stereocenters. The fourth-order valence-electron chi connectivity index (χ4n) is 1.87. The molecule has 0 aliphatic carbocycles. The number of thioether (sulfide) groups is 1. The number of hydrogen-bond donors (Lipinski definition) is 1. The van der Waals surface area contributed by atoms with Crippen LogP contribution in [0.1, 0.15) is 10.4 Å². The molecule has 1 saturated heterocycles. The van der Waals surface area contributed by atoms with Crippen molar-refractivity contribution in [3.8, 4) is 0 Å². The standard InChI is InChI=1S/C11H12N2O4S/c14-11(15)8-1-2-9(13(16)17)10(7-8)12-3-5-18-6-4-12/h1-2,7H,3-6H2,(H,14,15). The van der Waals surface area contributed by atoms with Crippen molar-refractivity contribution < 1.29 is 14.8 Å². The predicted molar refractivity (Wildman–Crippen MR) is 69.6 cm³/mol. The quantitative estimate of drug-likeness (QED) is 0.665. The second-order valence-corrected chi connectivity index (χ2v) is 5.09.